The Morgan fingerprint density at radius 2 is 2.12 bits per heavy atom. The summed E-state index contributed by atoms with van der Waals surface area (Å²) in [6.07, 6.45) is 0. The highest BCUT2D eigenvalue weighted by molar-refractivity contribution is 5.55. The van der Waals surface area contributed by atoms with Crippen LogP contribution < -0.4 is 9.47 Å². The third-order valence-corrected chi connectivity index (χ3v) is 2.16. The van der Waals surface area contributed by atoms with Gasteiger partial charge in [0.05, 0.1) is 12.0 Å². The standard InChI is InChI=1S/C11H16N2O4/c1-12(2)7-8-17-11-9(13(14)15)5-4-6-10(11)16-3/h4-6H,7-8H2,1-3H3. The number of ether oxygens (including phenoxy) is 2. The summed E-state index contributed by atoms with van der Waals surface area (Å²) in [5.41, 5.74) is -0.0805. The van der Waals surface area contributed by atoms with Gasteiger partial charge in [-0.25, -0.2) is 0 Å². The molecule has 0 spiro atoms. The fourth-order valence-corrected chi connectivity index (χ4v) is 1.28. The van der Waals surface area contributed by atoms with E-state index in [1.807, 2.05) is 19.0 Å². The van der Waals surface area contributed by atoms with Crippen LogP contribution in [0.5, 0.6) is 11.5 Å². The zero-order valence-corrected chi connectivity index (χ0v) is 10.2. The van der Waals surface area contributed by atoms with Crippen molar-refractivity contribution in [2.45, 2.75) is 0 Å². The van der Waals surface area contributed by atoms with E-state index in [4.69, 9.17) is 9.47 Å². The molecule has 0 aromatic heterocycles. The quantitative estimate of drug-likeness (QED) is 0.557. The summed E-state index contributed by atoms with van der Waals surface area (Å²) in [5, 5.41) is 10.8. The van der Waals surface area contributed by atoms with Crippen LogP contribution in [0, 0.1) is 10.1 Å². The van der Waals surface area contributed by atoms with Crippen molar-refractivity contribution in [2.24, 2.45) is 0 Å². The maximum Gasteiger partial charge on any atom is 0.314 e. The van der Waals surface area contributed by atoms with Crippen LogP contribution in [0.3, 0.4) is 0 Å². The van der Waals surface area contributed by atoms with Crippen LogP contribution in [0.25, 0.3) is 0 Å². The van der Waals surface area contributed by atoms with Crippen LogP contribution in [0.1, 0.15) is 0 Å². The normalized spacial score (nSPS) is 10.4. The average Bonchev–Trinajstić information content (AvgIpc) is 2.28. The Balaban J connectivity index is 2.89. The van der Waals surface area contributed by atoms with E-state index in [-0.39, 0.29) is 11.4 Å². The third kappa shape index (κ3) is 3.60. The molecule has 0 bridgehead atoms. The summed E-state index contributed by atoms with van der Waals surface area (Å²) >= 11 is 0. The fourth-order valence-electron chi connectivity index (χ4n) is 1.28. The zero-order chi connectivity index (χ0) is 12.8. The molecule has 0 unspecified atom stereocenters. The fraction of sp³-hybridized carbons (Fsp3) is 0.455. The summed E-state index contributed by atoms with van der Waals surface area (Å²) in [4.78, 5) is 12.3. The molecule has 0 heterocycles. The van der Waals surface area contributed by atoms with Gasteiger partial charge in [0.2, 0.25) is 5.75 Å². The predicted octanol–water partition coefficient (Wildman–Crippen LogP) is 1.54. The number of nitro benzene ring substituents is 1. The zero-order valence-electron chi connectivity index (χ0n) is 10.2. The molecule has 1 aromatic carbocycles. The Hall–Kier alpha value is -1.82. The van der Waals surface area contributed by atoms with E-state index in [9.17, 15) is 10.1 Å². The van der Waals surface area contributed by atoms with Gasteiger partial charge in [0.15, 0.2) is 5.75 Å². The molecule has 0 amide bonds. The van der Waals surface area contributed by atoms with Crippen molar-refractivity contribution >= 4 is 5.69 Å². The Labute approximate surface area is 99.9 Å². The number of benzene rings is 1. The summed E-state index contributed by atoms with van der Waals surface area (Å²) in [7, 11) is 5.26. The highest BCUT2D eigenvalue weighted by atomic mass is 16.6. The van der Waals surface area contributed by atoms with Gasteiger partial charge < -0.3 is 14.4 Å². The van der Waals surface area contributed by atoms with E-state index in [0.717, 1.165) is 0 Å². The van der Waals surface area contributed by atoms with Gasteiger partial charge in [0, 0.05) is 12.6 Å². The van der Waals surface area contributed by atoms with E-state index in [0.29, 0.717) is 18.9 Å². The molecule has 0 saturated heterocycles. The minimum absolute atomic E-state index is 0.0805. The molecule has 1 aromatic rings. The number of likely N-dealkylation sites (N-methyl/N-ethyl adjacent to an activating group) is 1. The Bertz CT molecular complexity index is 393. The highest BCUT2D eigenvalue weighted by Crippen LogP contribution is 2.36. The SMILES string of the molecule is COc1cccc([N+](=O)[O-])c1OCCN(C)C. The second-order valence-electron chi connectivity index (χ2n) is 3.72. The Morgan fingerprint density at radius 3 is 2.65 bits per heavy atom. The van der Waals surface area contributed by atoms with Gasteiger partial charge >= 0.3 is 5.69 Å². The van der Waals surface area contributed by atoms with Gasteiger partial charge in [0.25, 0.3) is 0 Å². The molecule has 0 N–H and O–H groups in total. The van der Waals surface area contributed by atoms with Crippen LogP contribution in [0.15, 0.2) is 18.2 Å². The molecule has 0 radical (unpaired) electrons. The average molecular weight is 240 g/mol. The lowest BCUT2D eigenvalue weighted by atomic mass is 10.2. The van der Waals surface area contributed by atoms with Gasteiger partial charge in [-0.2, -0.15) is 0 Å². The Morgan fingerprint density at radius 1 is 1.41 bits per heavy atom. The minimum Gasteiger partial charge on any atom is -0.493 e. The molecule has 0 aliphatic heterocycles. The molecule has 6 nitrogen and oxygen atoms in total. The number of nitro groups is 1. The van der Waals surface area contributed by atoms with Crippen LogP contribution in [-0.2, 0) is 0 Å². The van der Waals surface area contributed by atoms with Gasteiger partial charge in [-0.3, -0.25) is 10.1 Å². The summed E-state index contributed by atoms with van der Waals surface area (Å²) < 4.78 is 10.5. The first-order valence-corrected chi connectivity index (χ1v) is 5.15. The molecule has 0 aliphatic rings. The first-order chi connectivity index (χ1) is 8.06. The van der Waals surface area contributed by atoms with Gasteiger partial charge in [-0.1, -0.05) is 6.07 Å². The van der Waals surface area contributed by atoms with E-state index < -0.39 is 4.92 Å². The third-order valence-electron chi connectivity index (χ3n) is 2.16. The van der Waals surface area contributed by atoms with Gasteiger partial charge in [0.1, 0.15) is 6.61 Å². The molecule has 94 valence electrons. The van der Waals surface area contributed by atoms with Gasteiger partial charge in [-0.15, -0.1) is 0 Å². The summed E-state index contributed by atoms with van der Waals surface area (Å²) in [6, 6.07) is 4.60. The van der Waals surface area contributed by atoms with Crippen LogP contribution in [0.2, 0.25) is 0 Å². The lowest BCUT2D eigenvalue weighted by molar-refractivity contribution is -0.386. The van der Waals surface area contributed by atoms with Crippen molar-refractivity contribution in [3.63, 3.8) is 0 Å². The van der Waals surface area contributed by atoms with Crippen LogP contribution in [-0.4, -0.2) is 44.2 Å². The molecular weight excluding hydrogens is 224 g/mol. The molecule has 17 heavy (non-hydrogen) atoms. The lowest BCUT2D eigenvalue weighted by Crippen LogP contribution is -2.19. The molecular formula is C11H16N2O4. The van der Waals surface area contributed by atoms with Crippen molar-refractivity contribution in [1.82, 2.24) is 4.90 Å². The van der Waals surface area contributed by atoms with Crippen molar-refractivity contribution in [1.29, 1.82) is 0 Å². The molecule has 0 aliphatic carbocycles. The monoisotopic (exact) mass is 240 g/mol. The van der Waals surface area contributed by atoms with Crippen molar-refractivity contribution in [2.75, 3.05) is 34.4 Å². The van der Waals surface area contributed by atoms with E-state index in [1.165, 1.54) is 13.2 Å². The van der Waals surface area contributed by atoms with E-state index in [2.05, 4.69) is 0 Å². The van der Waals surface area contributed by atoms with E-state index >= 15 is 0 Å². The van der Waals surface area contributed by atoms with Crippen LogP contribution >= 0.6 is 0 Å². The number of hydrogen-bond acceptors (Lipinski definition) is 5. The molecule has 6 heteroatoms. The summed E-state index contributed by atoms with van der Waals surface area (Å²) in [5.74, 6) is 0.555. The number of hydrogen-bond donors (Lipinski definition) is 0. The molecule has 0 saturated carbocycles. The number of rotatable bonds is 6. The first-order valence-electron chi connectivity index (χ1n) is 5.15. The molecule has 0 atom stereocenters. The van der Waals surface area contributed by atoms with E-state index in [1.54, 1.807) is 12.1 Å². The van der Waals surface area contributed by atoms with Crippen molar-refractivity contribution in [3.8, 4) is 11.5 Å². The van der Waals surface area contributed by atoms with Crippen LogP contribution in [0.4, 0.5) is 5.69 Å². The highest BCUT2D eigenvalue weighted by Gasteiger charge is 2.19. The molecule has 0 fully saturated rings. The largest absolute Gasteiger partial charge is 0.493 e. The number of nitrogens with zero attached hydrogens (tertiary/aromatic N) is 2. The maximum absolute atomic E-state index is 10.8. The van der Waals surface area contributed by atoms with Gasteiger partial charge in [-0.05, 0) is 20.2 Å². The lowest BCUT2D eigenvalue weighted by Gasteiger charge is -2.13. The maximum atomic E-state index is 10.8. The Kier molecular flexibility index (Phi) is 4.71. The second-order valence-corrected chi connectivity index (χ2v) is 3.72. The van der Waals surface area contributed by atoms with Crippen molar-refractivity contribution < 1.29 is 14.4 Å². The van der Waals surface area contributed by atoms with Crippen molar-refractivity contribution in [3.05, 3.63) is 28.3 Å². The number of methoxy groups -OCH3 is 1. The molecule has 1 rings (SSSR count). The predicted molar refractivity (Wildman–Crippen MR) is 63.7 cm³/mol. The topological polar surface area (TPSA) is 64.8 Å². The summed E-state index contributed by atoms with van der Waals surface area (Å²) in [6.45, 7) is 1.05. The first kappa shape index (κ1) is 13.2. The second kappa shape index (κ2) is 6.05. The minimum atomic E-state index is -0.479. The smallest absolute Gasteiger partial charge is 0.314 e. The number of para-hydroxylation sites is 1.